The van der Waals surface area contributed by atoms with Crippen LogP contribution < -0.4 is 5.32 Å². The zero-order valence-corrected chi connectivity index (χ0v) is 15.5. The van der Waals surface area contributed by atoms with E-state index in [1.165, 1.54) is 43.5 Å². The molecular formula is C18H15N3O6S. The van der Waals surface area contributed by atoms with Gasteiger partial charge in [-0.05, 0) is 36.4 Å². The minimum atomic E-state index is -3.65. The van der Waals surface area contributed by atoms with Gasteiger partial charge in [-0.2, -0.15) is 0 Å². The number of amides is 1. The number of hydrogen-bond donors (Lipinski definition) is 1. The molecule has 0 radical (unpaired) electrons. The molecule has 0 saturated heterocycles. The van der Waals surface area contributed by atoms with Gasteiger partial charge in [-0.1, -0.05) is 23.3 Å². The Labute approximate surface area is 160 Å². The van der Waals surface area contributed by atoms with E-state index in [-0.39, 0.29) is 22.4 Å². The van der Waals surface area contributed by atoms with Crippen molar-refractivity contribution in [3.8, 4) is 0 Å². The molecule has 1 amide bonds. The number of carbonyl (C=O) groups is 2. The molecule has 0 saturated carbocycles. The van der Waals surface area contributed by atoms with Crippen molar-refractivity contribution in [3.05, 3.63) is 71.6 Å². The van der Waals surface area contributed by atoms with E-state index in [9.17, 15) is 18.0 Å². The molecule has 0 fully saturated rings. The minimum absolute atomic E-state index is 0.129. The van der Waals surface area contributed by atoms with Crippen molar-refractivity contribution >= 4 is 27.7 Å². The molecule has 144 valence electrons. The summed E-state index contributed by atoms with van der Waals surface area (Å²) >= 11 is 0. The average molecular weight is 401 g/mol. The van der Waals surface area contributed by atoms with E-state index in [4.69, 9.17) is 4.42 Å². The smallest absolute Gasteiger partial charge is 0.337 e. The zero-order valence-electron chi connectivity index (χ0n) is 14.7. The molecule has 28 heavy (non-hydrogen) atoms. The molecule has 0 aliphatic rings. The molecule has 10 heteroatoms. The highest BCUT2D eigenvalue weighted by molar-refractivity contribution is 7.90. The number of ether oxygens (including phenoxy) is 1. The van der Waals surface area contributed by atoms with Crippen LogP contribution in [-0.2, 0) is 20.3 Å². The molecule has 0 bridgehead atoms. The summed E-state index contributed by atoms with van der Waals surface area (Å²) in [6, 6.07) is 13.3. The fraction of sp³-hybridized carbons (Fsp3) is 0.111. The SMILES string of the molecule is COC(=O)c1ccc(C(=O)Nc2nnc(CS(=O)(=O)c3ccccc3)o2)cc1. The first kappa shape index (κ1) is 19.2. The second-order valence-electron chi connectivity index (χ2n) is 5.60. The largest absolute Gasteiger partial charge is 0.465 e. The lowest BCUT2D eigenvalue weighted by Gasteiger charge is -2.02. The molecule has 0 aliphatic carbocycles. The molecule has 9 nitrogen and oxygen atoms in total. The van der Waals surface area contributed by atoms with Crippen LogP contribution in [0, 0.1) is 0 Å². The Hall–Kier alpha value is -3.53. The number of benzene rings is 2. The van der Waals surface area contributed by atoms with Crippen LogP contribution in [0.1, 0.15) is 26.6 Å². The molecule has 1 heterocycles. The Morgan fingerprint density at radius 3 is 2.29 bits per heavy atom. The number of sulfone groups is 1. The lowest BCUT2D eigenvalue weighted by molar-refractivity contribution is 0.0600. The van der Waals surface area contributed by atoms with Crippen LogP contribution in [0.25, 0.3) is 0 Å². The Balaban J connectivity index is 1.67. The summed E-state index contributed by atoms with van der Waals surface area (Å²) in [6.45, 7) is 0. The van der Waals surface area contributed by atoms with Crippen LogP contribution in [-0.4, -0.2) is 37.6 Å². The highest BCUT2D eigenvalue weighted by Crippen LogP contribution is 2.17. The van der Waals surface area contributed by atoms with E-state index >= 15 is 0 Å². The van der Waals surface area contributed by atoms with Gasteiger partial charge in [0, 0.05) is 5.56 Å². The van der Waals surface area contributed by atoms with Gasteiger partial charge in [0.2, 0.25) is 5.89 Å². The van der Waals surface area contributed by atoms with Crippen molar-refractivity contribution in [1.29, 1.82) is 0 Å². The second kappa shape index (κ2) is 8.01. The summed E-state index contributed by atoms with van der Waals surface area (Å²) in [4.78, 5) is 23.7. The molecule has 1 aromatic heterocycles. The zero-order chi connectivity index (χ0) is 20.1. The molecule has 0 spiro atoms. The molecule has 0 unspecified atom stereocenters. The van der Waals surface area contributed by atoms with Crippen LogP contribution in [0.2, 0.25) is 0 Å². The number of nitrogens with one attached hydrogen (secondary N) is 1. The predicted molar refractivity (Wildman–Crippen MR) is 97.4 cm³/mol. The van der Waals surface area contributed by atoms with Gasteiger partial charge in [-0.25, -0.2) is 13.2 Å². The fourth-order valence-electron chi connectivity index (χ4n) is 2.28. The van der Waals surface area contributed by atoms with E-state index in [1.54, 1.807) is 18.2 Å². The summed E-state index contributed by atoms with van der Waals surface area (Å²) < 4.78 is 34.4. The van der Waals surface area contributed by atoms with Gasteiger partial charge in [0.25, 0.3) is 5.91 Å². The number of nitrogens with zero attached hydrogens (tertiary/aromatic N) is 2. The summed E-state index contributed by atoms with van der Waals surface area (Å²) in [7, 11) is -2.39. The van der Waals surface area contributed by atoms with Crippen molar-refractivity contribution in [1.82, 2.24) is 10.2 Å². The van der Waals surface area contributed by atoms with Gasteiger partial charge in [0.05, 0.1) is 17.6 Å². The van der Waals surface area contributed by atoms with E-state index in [2.05, 4.69) is 20.3 Å². The normalized spacial score (nSPS) is 11.0. The van der Waals surface area contributed by atoms with Crippen LogP contribution in [0.5, 0.6) is 0 Å². The Morgan fingerprint density at radius 1 is 1.00 bits per heavy atom. The molecular weight excluding hydrogens is 386 g/mol. The Kier molecular flexibility index (Phi) is 5.50. The van der Waals surface area contributed by atoms with Crippen LogP contribution >= 0.6 is 0 Å². The van der Waals surface area contributed by atoms with Gasteiger partial charge >= 0.3 is 12.0 Å². The Bertz CT molecular complexity index is 1090. The van der Waals surface area contributed by atoms with Crippen molar-refractivity contribution in [2.24, 2.45) is 0 Å². The quantitative estimate of drug-likeness (QED) is 0.622. The number of aromatic nitrogens is 2. The standard InChI is InChI=1S/C18H15N3O6S/c1-26-17(23)13-9-7-12(8-10-13)16(22)19-18-21-20-15(27-18)11-28(24,25)14-5-3-2-4-6-14/h2-10H,11H2,1H3,(H,19,21,22). The van der Waals surface area contributed by atoms with Gasteiger partial charge in [-0.3, -0.25) is 10.1 Å². The summed E-state index contributed by atoms with van der Waals surface area (Å²) in [5.74, 6) is -1.72. The summed E-state index contributed by atoms with van der Waals surface area (Å²) in [5.41, 5.74) is 0.537. The van der Waals surface area contributed by atoms with E-state index in [0.29, 0.717) is 5.56 Å². The lowest BCUT2D eigenvalue weighted by atomic mass is 10.1. The molecule has 2 aromatic carbocycles. The number of carbonyl (C=O) groups excluding carboxylic acids is 2. The van der Waals surface area contributed by atoms with Gasteiger partial charge in [-0.15, -0.1) is 5.10 Å². The van der Waals surface area contributed by atoms with Crippen molar-refractivity contribution in [2.45, 2.75) is 10.6 Å². The summed E-state index contributed by atoms with van der Waals surface area (Å²) in [6.07, 6.45) is 0. The first-order valence-electron chi connectivity index (χ1n) is 7.99. The van der Waals surface area contributed by atoms with Crippen molar-refractivity contribution in [3.63, 3.8) is 0 Å². The van der Waals surface area contributed by atoms with Crippen LogP contribution in [0.4, 0.5) is 6.01 Å². The molecule has 3 aromatic rings. The first-order chi connectivity index (χ1) is 13.4. The maximum atomic E-state index is 12.3. The minimum Gasteiger partial charge on any atom is -0.465 e. The predicted octanol–water partition coefficient (Wildman–Crippen LogP) is 2.08. The second-order valence-corrected chi connectivity index (χ2v) is 7.59. The Morgan fingerprint density at radius 2 is 1.64 bits per heavy atom. The molecule has 3 rings (SSSR count). The highest BCUT2D eigenvalue weighted by Gasteiger charge is 2.20. The number of esters is 1. The van der Waals surface area contributed by atoms with Gasteiger partial charge < -0.3 is 9.15 Å². The van der Waals surface area contributed by atoms with Gasteiger partial charge in [0.15, 0.2) is 9.84 Å². The third kappa shape index (κ3) is 4.41. The average Bonchev–Trinajstić information content (AvgIpc) is 3.14. The van der Waals surface area contributed by atoms with Crippen LogP contribution in [0.3, 0.4) is 0 Å². The fourth-order valence-corrected chi connectivity index (χ4v) is 3.46. The maximum absolute atomic E-state index is 12.3. The third-order valence-electron chi connectivity index (χ3n) is 3.67. The highest BCUT2D eigenvalue weighted by atomic mass is 32.2. The third-order valence-corrected chi connectivity index (χ3v) is 5.29. The van der Waals surface area contributed by atoms with Crippen LogP contribution in [0.15, 0.2) is 63.9 Å². The molecule has 1 N–H and O–H groups in total. The monoisotopic (exact) mass is 401 g/mol. The maximum Gasteiger partial charge on any atom is 0.337 e. The lowest BCUT2D eigenvalue weighted by Crippen LogP contribution is -2.12. The van der Waals surface area contributed by atoms with Crippen molar-refractivity contribution < 1.29 is 27.2 Å². The van der Waals surface area contributed by atoms with E-state index in [1.807, 2.05) is 0 Å². The van der Waals surface area contributed by atoms with Crippen molar-refractivity contribution in [2.75, 3.05) is 12.4 Å². The first-order valence-corrected chi connectivity index (χ1v) is 9.64. The number of rotatable bonds is 6. The van der Waals surface area contributed by atoms with E-state index in [0.717, 1.165) is 0 Å². The number of methoxy groups -OCH3 is 1. The van der Waals surface area contributed by atoms with Gasteiger partial charge in [0.1, 0.15) is 5.75 Å². The molecule has 0 aliphatic heterocycles. The summed E-state index contributed by atoms with van der Waals surface area (Å²) in [5, 5.41) is 9.66. The van der Waals surface area contributed by atoms with E-state index < -0.39 is 27.5 Å². The number of anilines is 1. The topological polar surface area (TPSA) is 128 Å². The molecule has 0 atom stereocenters. The number of hydrogen-bond acceptors (Lipinski definition) is 8.